The SMILES string of the molecule is C=C(NC)c1cc(Br)cnc1OCc1ccccc1. The van der Waals surface area contributed by atoms with E-state index in [1.807, 2.05) is 43.4 Å². The number of halogens is 1. The lowest BCUT2D eigenvalue weighted by atomic mass is 10.2. The van der Waals surface area contributed by atoms with Crippen LogP contribution in [0.4, 0.5) is 0 Å². The predicted octanol–water partition coefficient (Wildman–Crippen LogP) is 3.61. The van der Waals surface area contributed by atoms with Crippen LogP contribution in [0.5, 0.6) is 5.88 Å². The van der Waals surface area contributed by atoms with Crippen molar-refractivity contribution in [1.82, 2.24) is 10.3 Å². The Kier molecular flexibility index (Phi) is 4.58. The first-order valence-electron chi connectivity index (χ1n) is 5.90. The Morgan fingerprint density at radius 1 is 1.37 bits per heavy atom. The average molecular weight is 319 g/mol. The summed E-state index contributed by atoms with van der Waals surface area (Å²) in [7, 11) is 1.82. The van der Waals surface area contributed by atoms with Crippen LogP contribution in [0.2, 0.25) is 0 Å². The molecular weight excluding hydrogens is 304 g/mol. The molecule has 0 spiro atoms. The lowest BCUT2D eigenvalue weighted by Crippen LogP contribution is -2.07. The van der Waals surface area contributed by atoms with Gasteiger partial charge in [-0.15, -0.1) is 0 Å². The minimum absolute atomic E-state index is 0.486. The Labute approximate surface area is 121 Å². The van der Waals surface area contributed by atoms with Gasteiger partial charge in [-0.2, -0.15) is 0 Å². The highest BCUT2D eigenvalue weighted by molar-refractivity contribution is 9.10. The molecule has 4 heteroatoms. The molecule has 98 valence electrons. The zero-order valence-corrected chi connectivity index (χ0v) is 12.3. The second-order valence-corrected chi connectivity index (χ2v) is 4.92. The highest BCUT2D eigenvalue weighted by atomic mass is 79.9. The van der Waals surface area contributed by atoms with Gasteiger partial charge in [0.1, 0.15) is 6.61 Å². The van der Waals surface area contributed by atoms with Gasteiger partial charge in [0, 0.05) is 23.4 Å². The fourth-order valence-electron chi connectivity index (χ4n) is 1.62. The van der Waals surface area contributed by atoms with Crippen molar-refractivity contribution >= 4 is 21.6 Å². The van der Waals surface area contributed by atoms with E-state index in [4.69, 9.17) is 4.74 Å². The maximum Gasteiger partial charge on any atom is 0.223 e. The Morgan fingerprint density at radius 3 is 2.79 bits per heavy atom. The minimum Gasteiger partial charge on any atom is -0.472 e. The monoisotopic (exact) mass is 318 g/mol. The quantitative estimate of drug-likeness (QED) is 0.914. The van der Waals surface area contributed by atoms with Crippen molar-refractivity contribution < 1.29 is 4.74 Å². The third-order valence-electron chi connectivity index (χ3n) is 2.66. The van der Waals surface area contributed by atoms with Gasteiger partial charge in [0.15, 0.2) is 0 Å². The van der Waals surface area contributed by atoms with Gasteiger partial charge in [0.05, 0.1) is 5.56 Å². The van der Waals surface area contributed by atoms with Crippen molar-refractivity contribution in [1.29, 1.82) is 0 Å². The molecule has 19 heavy (non-hydrogen) atoms. The first-order valence-corrected chi connectivity index (χ1v) is 6.69. The molecule has 0 fully saturated rings. The molecule has 0 atom stereocenters. The molecular formula is C15H15BrN2O. The molecule has 1 heterocycles. The maximum absolute atomic E-state index is 5.77. The molecule has 3 nitrogen and oxygen atoms in total. The van der Waals surface area contributed by atoms with Gasteiger partial charge >= 0.3 is 0 Å². The van der Waals surface area contributed by atoms with E-state index in [0.29, 0.717) is 12.5 Å². The molecule has 2 aromatic rings. The first kappa shape index (κ1) is 13.6. The number of hydrogen-bond donors (Lipinski definition) is 1. The number of nitrogens with zero attached hydrogens (tertiary/aromatic N) is 1. The summed E-state index contributed by atoms with van der Waals surface area (Å²) in [5.74, 6) is 0.575. The number of benzene rings is 1. The molecule has 0 aliphatic carbocycles. The van der Waals surface area contributed by atoms with Gasteiger partial charge < -0.3 is 10.1 Å². The third-order valence-corrected chi connectivity index (χ3v) is 3.10. The largest absolute Gasteiger partial charge is 0.472 e. The van der Waals surface area contributed by atoms with E-state index in [2.05, 4.69) is 32.8 Å². The van der Waals surface area contributed by atoms with Crippen LogP contribution in [-0.4, -0.2) is 12.0 Å². The summed E-state index contributed by atoms with van der Waals surface area (Å²) in [5.41, 5.74) is 2.73. The van der Waals surface area contributed by atoms with E-state index in [-0.39, 0.29) is 0 Å². The Morgan fingerprint density at radius 2 is 2.11 bits per heavy atom. The number of pyridine rings is 1. The second-order valence-electron chi connectivity index (χ2n) is 4.01. The van der Waals surface area contributed by atoms with Crippen LogP contribution in [-0.2, 0) is 6.61 Å². The zero-order valence-electron chi connectivity index (χ0n) is 10.7. The van der Waals surface area contributed by atoms with Gasteiger partial charge in [-0.1, -0.05) is 36.9 Å². The molecule has 0 amide bonds. The molecule has 0 aliphatic rings. The lowest BCUT2D eigenvalue weighted by molar-refractivity contribution is 0.292. The number of ether oxygens (including phenoxy) is 1. The van der Waals surface area contributed by atoms with Crippen LogP contribution < -0.4 is 10.1 Å². The number of nitrogens with one attached hydrogen (secondary N) is 1. The van der Waals surface area contributed by atoms with Crippen LogP contribution in [0.3, 0.4) is 0 Å². The van der Waals surface area contributed by atoms with Gasteiger partial charge in [0.25, 0.3) is 0 Å². The average Bonchev–Trinajstić information content (AvgIpc) is 2.46. The maximum atomic E-state index is 5.77. The molecule has 0 unspecified atom stereocenters. The number of hydrogen-bond acceptors (Lipinski definition) is 3. The van der Waals surface area contributed by atoms with Crippen molar-refractivity contribution in [2.45, 2.75) is 6.61 Å². The minimum atomic E-state index is 0.486. The summed E-state index contributed by atoms with van der Waals surface area (Å²) < 4.78 is 6.66. The topological polar surface area (TPSA) is 34.2 Å². The van der Waals surface area contributed by atoms with Crippen LogP contribution in [0.15, 0.2) is 53.6 Å². The van der Waals surface area contributed by atoms with Crippen molar-refractivity contribution in [2.24, 2.45) is 0 Å². The summed E-state index contributed by atoms with van der Waals surface area (Å²) >= 11 is 3.40. The highest BCUT2D eigenvalue weighted by Gasteiger charge is 2.09. The van der Waals surface area contributed by atoms with Gasteiger partial charge in [0.2, 0.25) is 5.88 Å². The molecule has 0 bridgehead atoms. The lowest BCUT2D eigenvalue weighted by Gasteiger charge is -2.12. The van der Waals surface area contributed by atoms with E-state index in [1.165, 1.54) is 0 Å². The van der Waals surface area contributed by atoms with E-state index >= 15 is 0 Å². The fourth-order valence-corrected chi connectivity index (χ4v) is 1.95. The Hall–Kier alpha value is -1.81. The first-order chi connectivity index (χ1) is 9.20. The highest BCUT2D eigenvalue weighted by Crippen LogP contribution is 2.25. The van der Waals surface area contributed by atoms with Crippen molar-refractivity contribution in [3.63, 3.8) is 0 Å². The molecule has 0 saturated heterocycles. The van der Waals surface area contributed by atoms with Crippen LogP contribution in [0.25, 0.3) is 5.70 Å². The zero-order chi connectivity index (χ0) is 13.7. The standard InChI is InChI=1S/C15H15BrN2O/c1-11(17-2)14-8-13(16)9-18-15(14)19-10-12-6-4-3-5-7-12/h3-9,17H,1,10H2,2H3. The summed E-state index contributed by atoms with van der Waals surface area (Å²) in [5, 5.41) is 3.01. The Bertz CT molecular complexity index is 570. The predicted molar refractivity (Wildman–Crippen MR) is 80.8 cm³/mol. The van der Waals surface area contributed by atoms with Crippen LogP contribution in [0, 0.1) is 0 Å². The van der Waals surface area contributed by atoms with Crippen molar-refractivity contribution in [3.8, 4) is 5.88 Å². The van der Waals surface area contributed by atoms with E-state index in [1.54, 1.807) is 6.20 Å². The van der Waals surface area contributed by atoms with Crippen molar-refractivity contribution in [3.05, 3.63) is 64.8 Å². The van der Waals surface area contributed by atoms with Gasteiger partial charge in [-0.05, 0) is 27.6 Å². The van der Waals surface area contributed by atoms with Gasteiger partial charge in [-0.25, -0.2) is 4.98 Å². The number of rotatable bonds is 5. The van der Waals surface area contributed by atoms with Gasteiger partial charge in [-0.3, -0.25) is 0 Å². The van der Waals surface area contributed by atoms with Crippen LogP contribution in [0.1, 0.15) is 11.1 Å². The summed E-state index contributed by atoms with van der Waals surface area (Å²) in [4.78, 5) is 4.29. The van der Waals surface area contributed by atoms with Crippen molar-refractivity contribution in [2.75, 3.05) is 7.05 Å². The molecule has 1 aromatic heterocycles. The molecule has 0 saturated carbocycles. The fraction of sp³-hybridized carbons (Fsp3) is 0.133. The molecule has 1 N–H and O–H groups in total. The summed E-state index contributed by atoms with van der Waals surface area (Å²) in [6, 6.07) is 11.9. The molecule has 0 aliphatic heterocycles. The Balaban J connectivity index is 2.18. The van der Waals surface area contributed by atoms with E-state index < -0.39 is 0 Å². The normalized spacial score (nSPS) is 10.0. The van der Waals surface area contributed by atoms with Crippen LogP contribution >= 0.6 is 15.9 Å². The second kappa shape index (κ2) is 6.38. The van der Waals surface area contributed by atoms with E-state index in [9.17, 15) is 0 Å². The summed E-state index contributed by atoms with van der Waals surface area (Å²) in [6.45, 7) is 4.43. The molecule has 2 rings (SSSR count). The number of aromatic nitrogens is 1. The molecule has 0 radical (unpaired) electrons. The van der Waals surface area contributed by atoms with E-state index in [0.717, 1.165) is 21.3 Å². The summed E-state index contributed by atoms with van der Waals surface area (Å²) in [6.07, 6.45) is 1.72. The third kappa shape index (κ3) is 3.58. The smallest absolute Gasteiger partial charge is 0.223 e. The molecule has 1 aromatic carbocycles.